The zero-order chi connectivity index (χ0) is 36.5. The van der Waals surface area contributed by atoms with Gasteiger partial charge in [0.25, 0.3) is 5.56 Å². The number of nitrogens with zero attached hydrogens (tertiary/aromatic N) is 6. The number of thiazole rings is 1. The summed E-state index contributed by atoms with van der Waals surface area (Å²) < 4.78 is 5.08. The second kappa shape index (κ2) is 12.4. The molecule has 0 saturated heterocycles. The monoisotopic (exact) mass is 724 g/mol. The van der Waals surface area contributed by atoms with Crippen LogP contribution in [-0.4, -0.2) is 28.9 Å². The minimum absolute atomic E-state index is 0.0468. The van der Waals surface area contributed by atoms with E-state index in [4.69, 9.17) is 19.9 Å². The molecule has 4 heterocycles. The fourth-order valence-electron chi connectivity index (χ4n) is 7.60. The molecule has 0 fully saturated rings. The first kappa shape index (κ1) is 31.3. The minimum Gasteiger partial charge on any atom is -0.309 e. The Morgan fingerprint density at radius 3 is 1.78 bits per heavy atom. The molecule has 0 saturated carbocycles. The van der Waals surface area contributed by atoms with Crippen LogP contribution >= 0.6 is 11.3 Å². The van der Waals surface area contributed by atoms with Crippen LogP contribution in [0.5, 0.6) is 0 Å². The molecule has 8 heteroatoms. The van der Waals surface area contributed by atoms with E-state index in [2.05, 4.69) is 89.5 Å². The van der Waals surface area contributed by atoms with Crippen molar-refractivity contribution in [3.05, 3.63) is 180 Å². The molecule has 0 N–H and O–H groups in total. The van der Waals surface area contributed by atoms with E-state index >= 15 is 0 Å². The second-order valence-corrected chi connectivity index (χ2v) is 14.5. The van der Waals surface area contributed by atoms with Gasteiger partial charge in [-0.05, 0) is 65.7 Å². The van der Waals surface area contributed by atoms with Crippen LogP contribution in [0, 0.1) is 0 Å². The highest BCUT2D eigenvalue weighted by Gasteiger charge is 2.17. The van der Waals surface area contributed by atoms with E-state index in [-0.39, 0.29) is 5.56 Å². The van der Waals surface area contributed by atoms with Crippen LogP contribution < -0.4 is 5.56 Å². The number of rotatable bonds is 5. The molecule has 0 amide bonds. The molecule has 4 aromatic heterocycles. The molecule has 0 aliphatic carbocycles. The summed E-state index contributed by atoms with van der Waals surface area (Å²) in [5.41, 5.74) is 9.58. The molecule has 0 unspecified atom stereocenters. The lowest BCUT2D eigenvalue weighted by molar-refractivity contribution is 1.07. The van der Waals surface area contributed by atoms with Crippen molar-refractivity contribution < 1.29 is 0 Å². The summed E-state index contributed by atoms with van der Waals surface area (Å²) in [5.74, 6) is 1.86. The van der Waals surface area contributed by atoms with Gasteiger partial charge in [-0.1, -0.05) is 127 Å². The van der Waals surface area contributed by atoms with Crippen LogP contribution in [0.1, 0.15) is 0 Å². The van der Waals surface area contributed by atoms with Crippen LogP contribution in [0.3, 0.4) is 0 Å². The lowest BCUT2D eigenvalue weighted by atomic mass is 10.0. The van der Waals surface area contributed by atoms with E-state index in [0.29, 0.717) is 33.3 Å². The molecular formula is C47H28N6OS. The van der Waals surface area contributed by atoms with E-state index in [1.165, 1.54) is 11.3 Å². The standard InChI is InChI=1S/C47H28N6OS/c54-46-36-19-7-9-20-38(36)48-47-53(46)41-28-32(23-25-42(41)55-47)31-22-24-40-37(27-31)35-18-8-10-21-39(35)52(40)34-17-11-16-33(26-34)45-50-43(29-12-3-1-4-13-29)49-44(51-45)30-14-5-2-6-15-30/h1-28H. The van der Waals surface area contributed by atoms with Crippen molar-refractivity contribution in [3.63, 3.8) is 0 Å². The van der Waals surface area contributed by atoms with Crippen LogP contribution in [0.4, 0.5) is 0 Å². The van der Waals surface area contributed by atoms with E-state index in [9.17, 15) is 4.79 Å². The smallest absolute Gasteiger partial charge is 0.266 e. The summed E-state index contributed by atoms with van der Waals surface area (Å²) in [6, 6.07) is 57.5. The molecule has 55 heavy (non-hydrogen) atoms. The lowest BCUT2D eigenvalue weighted by Crippen LogP contribution is -2.13. The SMILES string of the molecule is O=c1c2ccccc2nc2sc3ccc(-c4ccc5c(c4)c4ccccc4n5-c4cccc(-c5nc(-c6ccccc6)nc(-c6ccccc6)n5)c4)cc3n12. The molecule has 0 aliphatic rings. The van der Waals surface area contributed by atoms with Gasteiger partial charge in [-0.15, -0.1) is 0 Å². The van der Waals surface area contributed by atoms with Crippen molar-refractivity contribution in [1.82, 2.24) is 28.9 Å². The van der Waals surface area contributed by atoms with Crippen molar-refractivity contribution in [1.29, 1.82) is 0 Å². The Labute approximate surface area is 318 Å². The highest BCUT2D eigenvalue weighted by molar-refractivity contribution is 7.23. The molecule has 0 atom stereocenters. The number of fused-ring (bicyclic) bond motifs is 7. The molecule has 0 spiro atoms. The number of hydrogen-bond acceptors (Lipinski definition) is 6. The second-order valence-electron chi connectivity index (χ2n) is 13.5. The van der Waals surface area contributed by atoms with Gasteiger partial charge >= 0.3 is 0 Å². The summed E-state index contributed by atoms with van der Waals surface area (Å²) in [6.45, 7) is 0. The molecule has 7 aromatic carbocycles. The van der Waals surface area contributed by atoms with Crippen LogP contribution in [0.15, 0.2) is 175 Å². The third-order valence-corrected chi connectivity index (χ3v) is 11.2. The first-order valence-corrected chi connectivity index (χ1v) is 18.8. The first-order chi connectivity index (χ1) is 27.2. The summed E-state index contributed by atoms with van der Waals surface area (Å²) in [5, 5.41) is 2.90. The van der Waals surface area contributed by atoms with Crippen molar-refractivity contribution in [2.75, 3.05) is 0 Å². The average molecular weight is 725 g/mol. The molecule has 11 aromatic rings. The highest BCUT2D eigenvalue weighted by atomic mass is 32.1. The number of aromatic nitrogens is 6. The third kappa shape index (κ3) is 5.15. The maximum absolute atomic E-state index is 13.7. The largest absolute Gasteiger partial charge is 0.309 e. The number of benzene rings is 7. The minimum atomic E-state index is -0.0468. The molecule has 11 rings (SSSR count). The van der Waals surface area contributed by atoms with Crippen molar-refractivity contribution >= 4 is 59.2 Å². The normalized spacial score (nSPS) is 11.7. The Morgan fingerprint density at radius 2 is 1.02 bits per heavy atom. The van der Waals surface area contributed by atoms with Gasteiger partial charge < -0.3 is 4.57 Å². The summed E-state index contributed by atoms with van der Waals surface area (Å²) in [7, 11) is 0. The Hall–Kier alpha value is -7.29. The van der Waals surface area contributed by atoms with Gasteiger partial charge in [-0.25, -0.2) is 19.9 Å². The number of hydrogen-bond donors (Lipinski definition) is 0. The zero-order valence-electron chi connectivity index (χ0n) is 29.2. The predicted molar refractivity (Wildman–Crippen MR) is 224 cm³/mol. The van der Waals surface area contributed by atoms with Gasteiger partial charge in [0.2, 0.25) is 0 Å². The maximum atomic E-state index is 13.7. The number of para-hydroxylation sites is 2. The summed E-state index contributed by atoms with van der Waals surface area (Å²) in [6.07, 6.45) is 0. The topological polar surface area (TPSA) is 78.0 Å². The first-order valence-electron chi connectivity index (χ1n) is 18.0. The predicted octanol–water partition coefficient (Wildman–Crippen LogP) is 11.0. The van der Waals surface area contributed by atoms with E-state index in [1.807, 2.05) is 84.9 Å². The molecule has 0 radical (unpaired) electrons. The fourth-order valence-corrected chi connectivity index (χ4v) is 8.61. The summed E-state index contributed by atoms with van der Waals surface area (Å²) >= 11 is 1.53. The Bertz CT molecular complexity index is 3290. The molecule has 258 valence electrons. The van der Waals surface area contributed by atoms with E-state index in [1.54, 1.807) is 4.40 Å². The molecule has 0 bridgehead atoms. The van der Waals surface area contributed by atoms with Crippen molar-refractivity contribution in [3.8, 4) is 51.0 Å². The summed E-state index contributed by atoms with van der Waals surface area (Å²) in [4.78, 5) is 34.0. The van der Waals surface area contributed by atoms with E-state index < -0.39 is 0 Å². The van der Waals surface area contributed by atoms with Gasteiger partial charge in [-0.3, -0.25) is 9.20 Å². The van der Waals surface area contributed by atoms with Crippen LogP contribution in [-0.2, 0) is 0 Å². The maximum Gasteiger partial charge on any atom is 0.266 e. The van der Waals surface area contributed by atoms with Crippen LogP contribution in [0.2, 0.25) is 0 Å². The molecular weight excluding hydrogens is 697 g/mol. The van der Waals surface area contributed by atoms with E-state index in [0.717, 1.165) is 65.5 Å². The highest BCUT2D eigenvalue weighted by Crippen LogP contribution is 2.37. The Morgan fingerprint density at radius 1 is 0.418 bits per heavy atom. The molecule has 7 nitrogen and oxygen atoms in total. The van der Waals surface area contributed by atoms with Gasteiger partial charge in [0.15, 0.2) is 22.4 Å². The van der Waals surface area contributed by atoms with Gasteiger partial charge in [0, 0.05) is 33.2 Å². The van der Waals surface area contributed by atoms with Gasteiger partial charge in [0.05, 0.1) is 32.2 Å². The Balaban J connectivity index is 1.05. The van der Waals surface area contributed by atoms with Gasteiger partial charge in [-0.2, -0.15) is 0 Å². The quantitative estimate of drug-likeness (QED) is 0.177. The third-order valence-electron chi connectivity index (χ3n) is 10.2. The average Bonchev–Trinajstić information content (AvgIpc) is 3.79. The zero-order valence-corrected chi connectivity index (χ0v) is 30.0. The van der Waals surface area contributed by atoms with Crippen LogP contribution in [0.25, 0.3) is 98.9 Å². The Kier molecular flexibility index (Phi) is 7.05. The lowest BCUT2D eigenvalue weighted by Gasteiger charge is -2.12. The van der Waals surface area contributed by atoms with Crippen molar-refractivity contribution in [2.45, 2.75) is 0 Å². The fraction of sp³-hybridized carbons (Fsp3) is 0. The van der Waals surface area contributed by atoms with Crippen molar-refractivity contribution in [2.24, 2.45) is 0 Å². The van der Waals surface area contributed by atoms with Gasteiger partial charge in [0.1, 0.15) is 0 Å². The molecule has 0 aliphatic heterocycles.